The maximum Gasteiger partial charge on any atom is 0.416 e. The maximum absolute atomic E-state index is 12.6. The molecule has 1 aliphatic rings. The van der Waals surface area contributed by atoms with Crippen molar-refractivity contribution in [2.45, 2.75) is 24.6 Å². The van der Waals surface area contributed by atoms with Crippen LogP contribution in [0.25, 0.3) is 0 Å². The lowest BCUT2D eigenvalue weighted by Crippen LogP contribution is -2.49. The second-order valence-electron chi connectivity index (χ2n) is 5.25. The highest BCUT2D eigenvalue weighted by molar-refractivity contribution is 5.30. The standard InChI is InChI=1S/C14H19F3N2/c1-19(2)13(7-9-18-10-8-13)11-3-5-12(6-4-11)14(15,16)17/h3-6,18H,7-10H2,1-2H3. The van der Waals surface area contributed by atoms with Gasteiger partial charge in [0.2, 0.25) is 0 Å². The molecule has 106 valence electrons. The Balaban J connectivity index is 2.33. The average Bonchev–Trinajstić information content (AvgIpc) is 2.38. The largest absolute Gasteiger partial charge is 0.416 e. The molecule has 0 spiro atoms. The second kappa shape index (κ2) is 5.13. The number of hydrogen-bond donors (Lipinski definition) is 1. The summed E-state index contributed by atoms with van der Waals surface area (Å²) in [6.45, 7) is 1.78. The zero-order valence-corrected chi connectivity index (χ0v) is 11.2. The molecule has 0 amide bonds. The molecule has 0 atom stereocenters. The molecule has 0 aromatic heterocycles. The van der Waals surface area contributed by atoms with Gasteiger partial charge in [-0.05, 0) is 57.7 Å². The van der Waals surface area contributed by atoms with Crippen LogP contribution < -0.4 is 5.32 Å². The SMILES string of the molecule is CN(C)C1(c2ccc(C(F)(F)F)cc2)CCNCC1. The van der Waals surface area contributed by atoms with Gasteiger partial charge in [-0.3, -0.25) is 4.90 Å². The third kappa shape index (κ3) is 2.77. The Bertz CT molecular complexity index is 417. The van der Waals surface area contributed by atoms with Gasteiger partial charge < -0.3 is 5.32 Å². The Kier molecular flexibility index (Phi) is 3.87. The minimum atomic E-state index is -4.27. The van der Waals surface area contributed by atoms with Crippen LogP contribution in [0.4, 0.5) is 13.2 Å². The summed E-state index contributed by atoms with van der Waals surface area (Å²) in [5, 5.41) is 3.29. The molecule has 0 saturated carbocycles. The minimum Gasteiger partial charge on any atom is -0.317 e. The van der Waals surface area contributed by atoms with Gasteiger partial charge in [-0.2, -0.15) is 13.2 Å². The van der Waals surface area contributed by atoms with Gasteiger partial charge in [-0.1, -0.05) is 12.1 Å². The van der Waals surface area contributed by atoms with E-state index < -0.39 is 11.7 Å². The molecular formula is C14H19F3N2. The summed E-state index contributed by atoms with van der Waals surface area (Å²) in [6.07, 6.45) is -2.45. The molecule has 1 fully saturated rings. The normalized spacial score (nSPS) is 19.7. The number of halogens is 3. The lowest BCUT2D eigenvalue weighted by molar-refractivity contribution is -0.137. The smallest absolute Gasteiger partial charge is 0.317 e. The summed E-state index contributed by atoms with van der Waals surface area (Å²) >= 11 is 0. The number of nitrogens with one attached hydrogen (secondary N) is 1. The van der Waals surface area contributed by atoms with E-state index in [-0.39, 0.29) is 5.54 Å². The van der Waals surface area contributed by atoms with Crippen LogP contribution in [0.3, 0.4) is 0 Å². The van der Waals surface area contributed by atoms with Gasteiger partial charge >= 0.3 is 6.18 Å². The van der Waals surface area contributed by atoms with E-state index in [1.807, 2.05) is 14.1 Å². The van der Waals surface area contributed by atoms with Crippen molar-refractivity contribution >= 4 is 0 Å². The number of rotatable bonds is 2. The van der Waals surface area contributed by atoms with Crippen molar-refractivity contribution in [3.63, 3.8) is 0 Å². The van der Waals surface area contributed by atoms with Crippen LogP contribution in [0.2, 0.25) is 0 Å². The molecule has 1 aromatic carbocycles. The molecule has 0 unspecified atom stereocenters. The fourth-order valence-corrected chi connectivity index (χ4v) is 2.80. The van der Waals surface area contributed by atoms with Gasteiger partial charge in [-0.15, -0.1) is 0 Å². The molecular weight excluding hydrogens is 253 g/mol. The zero-order valence-electron chi connectivity index (χ0n) is 11.2. The highest BCUT2D eigenvalue weighted by atomic mass is 19.4. The van der Waals surface area contributed by atoms with Crippen molar-refractivity contribution in [3.8, 4) is 0 Å². The van der Waals surface area contributed by atoms with E-state index in [0.29, 0.717) is 0 Å². The lowest BCUT2D eigenvalue weighted by atomic mass is 9.80. The van der Waals surface area contributed by atoms with E-state index in [0.717, 1.165) is 31.5 Å². The first-order valence-corrected chi connectivity index (χ1v) is 6.42. The van der Waals surface area contributed by atoms with Crippen LogP contribution in [0, 0.1) is 0 Å². The summed E-state index contributed by atoms with van der Waals surface area (Å²) in [5.74, 6) is 0. The first-order chi connectivity index (χ1) is 8.86. The molecule has 1 aliphatic heterocycles. The zero-order chi connectivity index (χ0) is 14.1. The van der Waals surface area contributed by atoms with Gasteiger partial charge in [0.05, 0.1) is 5.56 Å². The van der Waals surface area contributed by atoms with Crippen LogP contribution in [0.5, 0.6) is 0 Å². The Labute approximate surface area is 111 Å². The topological polar surface area (TPSA) is 15.3 Å². The molecule has 5 heteroatoms. The van der Waals surface area contributed by atoms with Gasteiger partial charge in [0.25, 0.3) is 0 Å². The van der Waals surface area contributed by atoms with Crippen LogP contribution in [-0.4, -0.2) is 32.1 Å². The first-order valence-electron chi connectivity index (χ1n) is 6.42. The van der Waals surface area contributed by atoms with Gasteiger partial charge in [0.1, 0.15) is 0 Å². The molecule has 0 radical (unpaired) electrons. The first kappa shape index (κ1) is 14.3. The maximum atomic E-state index is 12.6. The van der Waals surface area contributed by atoms with Crippen LogP contribution >= 0.6 is 0 Å². The molecule has 0 aliphatic carbocycles. The highest BCUT2D eigenvalue weighted by Gasteiger charge is 2.37. The van der Waals surface area contributed by atoms with Crippen LogP contribution in [-0.2, 0) is 11.7 Å². The molecule has 2 rings (SSSR count). The number of nitrogens with zero attached hydrogens (tertiary/aromatic N) is 1. The van der Waals surface area contributed by atoms with Crippen molar-refractivity contribution in [2.75, 3.05) is 27.2 Å². The number of piperidine rings is 1. The Morgan fingerprint density at radius 1 is 1.05 bits per heavy atom. The molecule has 1 heterocycles. The van der Waals surface area contributed by atoms with E-state index in [1.165, 1.54) is 12.1 Å². The Morgan fingerprint density at radius 3 is 2.00 bits per heavy atom. The molecule has 1 aromatic rings. The predicted octanol–water partition coefficient (Wildman–Crippen LogP) is 2.85. The third-order valence-corrected chi connectivity index (χ3v) is 4.04. The number of alkyl halides is 3. The van der Waals surface area contributed by atoms with E-state index >= 15 is 0 Å². The van der Waals surface area contributed by atoms with Crippen molar-refractivity contribution in [2.24, 2.45) is 0 Å². The summed E-state index contributed by atoms with van der Waals surface area (Å²) in [4.78, 5) is 2.12. The van der Waals surface area contributed by atoms with Gasteiger partial charge in [0, 0.05) is 5.54 Å². The summed E-state index contributed by atoms with van der Waals surface area (Å²) in [5.41, 5.74) is 0.223. The van der Waals surface area contributed by atoms with E-state index in [4.69, 9.17) is 0 Å². The van der Waals surface area contributed by atoms with Crippen molar-refractivity contribution in [3.05, 3.63) is 35.4 Å². The lowest BCUT2D eigenvalue weighted by Gasteiger charge is -2.43. The number of hydrogen-bond acceptors (Lipinski definition) is 2. The predicted molar refractivity (Wildman–Crippen MR) is 68.9 cm³/mol. The monoisotopic (exact) mass is 272 g/mol. The summed E-state index contributed by atoms with van der Waals surface area (Å²) in [6, 6.07) is 5.60. The minimum absolute atomic E-state index is 0.157. The fraction of sp³-hybridized carbons (Fsp3) is 0.571. The fourth-order valence-electron chi connectivity index (χ4n) is 2.80. The van der Waals surface area contributed by atoms with Crippen LogP contribution in [0.1, 0.15) is 24.0 Å². The molecule has 2 nitrogen and oxygen atoms in total. The average molecular weight is 272 g/mol. The summed E-state index contributed by atoms with van der Waals surface area (Å²) in [7, 11) is 3.98. The van der Waals surface area contributed by atoms with Crippen molar-refractivity contribution in [1.82, 2.24) is 10.2 Å². The van der Waals surface area contributed by atoms with Crippen LogP contribution in [0.15, 0.2) is 24.3 Å². The molecule has 0 bridgehead atoms. The van der Waals surface area contributed by atoms with Gasteiger partial charge in [0.15, 0.2) is 0 Å². The van der Waals surface area contributed by atoms with E-state index in [2.05, 4.69) is 10.2 Å². The second-order valence-corrected chi connectivity index (χ2v) is 5.25. The van der Waals surface area contributed by atoms with Gasteiger partial charge in [-0.25, -0.2) is 0 Å². The van der Waals surface area contributed by atoms with Crippen molar-refractivity contribution < 1.29 is 13.2 Å². The third-order valence-electron chi connectivity index (χ3n) is 4.04. The van der Waals surface area contributed by atoms with E-state index in [1.54, 1.807) is 12.1 Å². The Hall–Kier alpha value is -1.07. The summed E-state index contributed by atoms with van der Waals surface area (Å²) < 4.78 is 37.8. The Morgan fingerprint density at radius 2 is 1.58 bits per heavy atom. The molecule has 1 N–H and O–H groups in total. The van der Waals surface area contributed by atoms with Crippen molar-refractivity contribution in [1.29, 1.82) is 0 Å². The van der Waals surface area contributed by atoms with E-state index in [9.17, 15) is 13.2 Å². The number of benzene rings is 1. The highest BCUT2D eigenvalue weighted by Crippen LogP contribution is 2.37. The quantitative estimate of drug-likeness (QED) is 0.890. The molecule has 1 saturated heterocycles. The molecule has 19 heavy (non-hydrogen) atoms.